The molecule has 0 bridgehead atoms. The predicted molar refractivity (Wildman–Crippen MR) is 53.8 cm³/mol. The zero-order valence-electron chi connectivity index (χ0n) is 8.09. The predicted octanol–water partition coefficient (Wildman–Crippen LogP) is 2.27. The number of fused-ring (bicyclic) bond motifs is 1. The largest absolute Gasteiger partial charge is 0.395 e. The summed E-state index contributed by atoms with van der Waals surface area (Å²) < 4.78 is 0. The van der Waals surface area contributed by atoms with Crippen LogP contribution in [0, 0.1) is 0 Å². The smallest absolute Gasteiger partial charge is 0.0528 e. The molecule has 0 saturated carbocycles. The molecule has 0 radical (unpaired) electrons. The first-order valence-corrected chi connectivity index (χ1v) is 5.01. The van der Waals surface area contributed by atoms with Gasteiger partial charge >= 0.3 is 0 Å². The van der Waals surface area contributed by atoms with Gasteiger partial charge in [0.25, 0.3) is 0 Å². The minimum atomic E-state index is 0.0661. The van der Waals surface area contributed by atoms with Crippen LogP contribution in [0.2, 0.25) is 0 Å². The summed E-state index contributed by atoms with van der Waals surface area (Å²) in [6.45, 7) is 2.46. The number of hydrogen-bond acceptors (Lipinski definition) is 1. The lowest BCUT2D eigenvalue weighted by molar-refractivity contribution is 0.187. The molecule has 0 amide bonds. The Hall–Kier alpha value is -0.820. The molecular formula is C12H16O. The summed E-state index contributed by atoms with van der Waals surface area (Å²) in [5, 5.41) is 9.46. The lowest BCUT2D eigenvalue weighted by atomic mass is 9.80. The third kappa shape index (κ3) is 1.19. The van der Waals surface area contributed by atoms with Crippen LogP contribution in [0.4, 0.5) is 0 Å². The minimum absolute atomic E-state index is 0.0661. The maximum Gasteiger partial charge on any atom is 0.0528 e. The molecule has 1 N–H and O–H groups in total. The number of hydrogen-bond donors (Lipinski definition) is 1. The van der Waals surface area contributed by atoms with Crippen LogP contribution in [-0.4, -0.2) is 11.7 Å². The van der Waals surface area contributed by atoms with E-state index in [2.05, 4.69) is 31.2 Å². The van der Waals surface area contributed by atoms with Gasteiger partial charge in [0.15, 0.2) is 0 Å². The molecule has 1 aromatic carbocycles. The SMILES string of the molecule is CCC1(CO)CCc2ccccc21. The molecule has 1 heteroatoms. The van der Waals surface area contributed by atoms with Crippen molar-refractivity contribution in [3.63, 3.8) is 0 Å². The molecule has 1 unspecified atom stereocenters. The van der Waals surface area contributed by atoms with E-state index in [1.807, 2.05) is 0 Å². The molecule has 1 aromatic rings. The second kappa shape index (κ2) is 3.15. The fraction of sp³-hybridized carbons (Fsp3) is 0.500. The van der Waals surface area contributed by atoms with Crippen molar-refractivity contribution in [2.75, 3.05) is 6.61 Å². The highest BCUT2D eigenvalue weighted by molar-refractivity contribution is 5.39. The monoisotopic (exact) mass is 176 g/mol. The van der Waals surface area contributed by atoms with E-state index in [1.54, 1.807) is 0 Å². The zero-order valence-corrected chi connectivity index (χ0v) is 8.09. The lowest BCUT2D eigenvalue weighted by Crippen LogP contribution is -2.26. The number of aryl methyl sites for hydroxylation is 1. The number of benzene rings is 1. The van der Waals surface area contributed by atoms with E-state index >= 15 is 0 Å². The van der Waals surface area contributed by atoms with Crippen molar-refractivity contribution < 1.29 is 5.11 Å². The first-order valence-electron chi connectivity index (χ1n) is 5.01. The van der Waals surface area contributed by atoms with Crippen LogP contribution in [0.3, 0.4) is 0 Å². The Morgan fingerprint density at radius 1 is 1.38 bits per heavy atom. The van der Waals surface area contributed by atoms with Crippen molar-refractivity contribution in [2.45, 2.75) is 31.6 Å². The Morgan fingerprint density at radius 3 is 2.85 bits per heavy atom. The van der Waals surface area contributed by atoms with Gasteiger partial charge in [-0.15, -0.1) is 0 Å². The molecular weight excluding hydrogens is 160 g/mol. The van der Waals surface area contributed by atoms with Gasteiger partial charge in [-0.1, -0.05) is 31.2 Å². The van der Waals surface area contributed by atoms with E-state index in [9.17, 15) is 5.11 Å². The fourth-order valence-electron chi connectivity index (χ4n) is 2.41. The van der Waals surface area contributed by atoms with Gasteiger partial charge in [-0.2, -0.15) is 0 Å². The second-order valence-corrected chi connectivity index (χ2v) is 3.95. The summed E-state index contributed by atoms with van der Waals surface area (Å²) in [6.07, 6.45) is 3.28. The molecule has 0 aliphatic heterocycles. The van der Waals surface area contributed by atoms with Crippen LogP contribution in [0.25, 0.3) is 0 Å². The molecule has 1 aliphatic carbocycles. The van der Waals surface area contributed by atoms with Gasteiger partial charge in [0.1, 0.15) is 0 Å². The third-order valence-corrected chi connectivity index (χ3v) is 3.44. The van der Waals surface area contributed by atoms with Crippen LogP contribution in [0.5, 0.6) is 0 Å². The number of aliphatic hydroxyl groups excluding tert-OH is 1. The topological polar surface area (TPSA) is 20.2 Å². The highest BCUT2D eigenvalue weighted by atomic mass is 16.3. The molecule has 1 atom stereocenters. The van der Waals surface area contributed by atoms with Crippen LogP contribution >= 0.6 is 0 Å². The minimum Gasteiger partial charge on any atom is -0.395 e. The summed E-state index contributed by atoms with van der Waals surface area (Å²) in [4.78, 5) is 0. The highest BCUT2D eigenvalue weighted by Crippen LogP contribution is 2.40. The van der Waals surface area contributed by atoms with E-state index in [1.165, 1.54) is 11.1 Å². The Morgan fingerprint density at radius 2 is 2.15 bits per heavy atom. The van der Waals surface area contributed by atoms with Crippen LogP contribution in [-0.2, 0) is 11.8 Å². The van der Waals surface area contributed by atoms with E-state index in [4.69, 9.17) is 0 Å². The van der Waals surface area contributed by atoms with Crippen LogP contribution in [0.1, 0.15) is 30.9 Å². The Labute approximate surface area is 79.4 Å². The summed E-state index contributed by atoms with van der Waals surface area (Å²) in [7, 11) is 0. The summed E-state index contributed by atoms with van der Waals surface area (Å²) >= 11 is 0. The third-order valence-electron chi connectivity index (χ3n) is 3.44. The van der Waals surface area contributed by atoms with E-state index in [-0.39, 0.29) is 5.41 Å². The lowest BCUT2D eigenvalue weighted by Gasteiger charge is -2.26. The van der Waals surface area contributed by atoms with E-state index in [0.717, 1.165) is 19.3 Å². The van der Waals surface area contributed by atoms with Gasteiger partial charge < -0.3 is 5.11 Å². The van der Waals surface area contributed by atoms with Gasteiger partial charge in [0, 0.05) is 5.41 Å². The molecule has 1 nitrogen and oxygen atoms in total. The first kappa shape index (κ1) is 8.76. The van der Waals surface area contributed by atoms with Crippen molar-refractivity contribution in [2.24, 2.45) is 0 Å². The molecule has 2 rings (SSSR count). The normalized spacial score (nSPS) is 26.0. The van der Waals surface area contributed by atoms with Crippen molar-refractivity contribution >= 4 is 0 Å². The van der Waals surface area contributed by atoms with Gasteiger partial charge in [-0.25, -0.2) is 0 Å². The van der Waals surface area contributed by atoms with Gasteiger partial charge in [0.05, 0.1) is 6.61 Å². The maximum atomic E-state index is 9.46. The molecule has 1 aliphatic rings. The quantitative estimate of drug-likeness (QED) is 0.733. The van der Waals surface area contributed by atoms with Gasteiger partial charge in [0.2, 0.25) is 0 Å². The van der Waals surface area contributed by atoms with Crippen LogP contribution in [0.15, 0.2) is 24.3 Å². The molecule has 13 heavy (non-hydrogen) atoms. The standard InChI is InChI=1S/C12H16O/c1-2-12(9-13)8-7-10-5-3-4-6-11(10)12/h3-6,13H,2,7-9H2,1H3. The number of rotatable bonds is 2. The zero-order chi connectivity index (χ0) is 9.31. The summed E-state index contributed by atoms with van der Waals surface area (Å²) in [6, 6.07) is 8.51. The van der Waals surface area contributed by atoms with Gasteiger partial charge in [-0.05, 0) is 30.4 Å². The van der Waals surface area contributed by atoms with Crippen molar-refractivity contribution in [3.8, 4) is 0 Å². The Kier molecular flexibility index (Phi) is 2.12. The fourth-order valence-corrected chi connectivity index (χ4v) is 2.41. The average Bonchev–Trinajstić information content (AvgIpc) is 2.58. The Bertz CT molecular complexity index is 300. The molecule has 0 heterocycles. The van der Waals surface area contributed by atoms with Gasteiger partial charge in [-0.3, -0.25) is 0 Å². The summed E-state index contributed by atoms with van der Waals surface area (Å²) in [5.74, 6) is 0. The van der Waals surface area contributed by atoms with Crippen molar-refractivity contribution in [1.29, 1.82) is 0 Å². The maximum absolute atomic E-state index is 9.46. The molecule has 0 saturated heterocycles. The average molecular weight is 176 g/mol. The molecule has 70 valence electrons. The van der Waals surface area contributed by atoms with E-state index < -0.39 is 0 Å². The number of aliphatic hydroxyl groups is 1. The van der Waals surface area contributed by atoms with Crippen molar-refractivity contribution in [3.05, 3.63) is 35.4 Å². The second-order valence-electron chi connectivity index (χ2n) is 3.95. The molecule has 0 aromatic heterocycles. The van der Waals surface area contributed by atoms with E-state index in [0.29, 0.717) is 6.61 Å². The van der Waals surface area contributed by atoms with Crippen molar-refractivity contribution in [1.82, 2.24) is 0 Å². The summed E-state index contributed by atoms with van der Waals surface area (Å²) in [5.41, 5.74) is 2.87. The molecule has 0 spiro atoms. The highest BCUT2D eigenvalue weighted by Gasteiger charge is 2.35. The van der Waals surface area contributed by atoms with Crippen LogP contribution < -0.4 is 0 Å². The Balaban J connectivity index is 2.47. The first-order chi connectivity index (χ1) is 6.32. The molecule has 0 fully saturated rings.